The van der Waals surface area contributed by atoms with Crippen LogP contribution in [0.3, 0.4) is 0 Å². The highest BCUT2D eigenvalue weighted by Crippen LogP contribution is 2.13. The fourth-order valence-electron chi connectivity index (χ4n) is 0.753. The molecule has 0 saturated carbocycles. The fourth-order valence-corrected chi connectivity index (χ4v) is 0.753. The Labute approximate surface area is 64.3 Å². The summed E-state index contributed by atoms with van der Waals surface area (Å²) in [6, 6.07) is 1.02. The van der Waals surface area contributed by atoms with Gasteiger partial charge in [0.25, 0.3) is 0 Å². The highest BCUT2D eigenvalue weighted by molar-refractivity contribution is 5.24. The van der Waals surface area contributed by atoms with Crippen molar-refractivity contribution in [3.05, 3.63) is 24.0 Å². The summed E-state index contributed by atoms with van der Waals surface area (Å²) in [5, 5.41) is 17.6. The second-order valence-electron chi connectivity index (χ2n) is 2.27. The minimum absolute atomic E-state index is 0.0615. The molecule has 4 nitrogen and oxygen atoms in total. The lowest BCUT2D eigenvalue weighted by atomic mass is 10.1. The third-order valence-electron chi connectivity index (χ3n) is 1.37. The summed E-state index contributed by atoms with van der Waals surface area (Å²) in [6.07, 6.45) is 2.83. The summed E-state index contributed by atoms with van der Waals surface area (Å²) in [5.74, 6) is 0.0615. The molecule has 0 spiro atoms. The van der Waals surface area contributed by atoms with Gasteiger partial charge in [0, 0.05) is 6.20 Å². The van der Waals surface area contributed by atoms with Crippen molar-refractivity contribution >= 4 is 0 Å². The van der Waals surface area contributed by atoms with Gasteiger partial charge < -0.3 is 15.9 Å². The maximum absolute atomic E-state index is 8.96. The van der Waals surface area contributed by atoms with E-state index in [1.807, 2.05) is 0 Å². The molecule has 1 aromatic rings. The first-order valence-corrected chi connectivity index (χ1v) is 3.24. The monoisotopic (exact) mass is 154 g/mol. The van der Waals surface area contributed by atoms with Crippen molar-refractivity contribution in [2.75, 3.05) is 6.61 Å². The molecule has 0 radical (unpaired) electrons. The van der Waals surface area contributed by atoms with E-state index in [1.54, 1.807) is 0 Å². The SMILES string of the molecule is N[C@H](CO)c1cncc(O)c1. The van der Waals surface area contributed by atoms with Crippen molar-refractivity contribution < 1.29 is 10.2 Å². The number of aliphatic hydroxyl groups is 1. The van der Waals surface area contributed by atoms with Crippen molar-refractivity contribution in [1.29, 1.82) is 0 Å². The molecule has 0 aromatic carbocycles. The van der Waals surface area contributed by atoms with Crippen molar-refractivity contribution in [1.82, 2.24) is 4.98 Å². The molecule has 4 heteroatoms. The molecule has 0 aliphatic rings. The van der Waals surface area contributed by atoms with Gasteiger partial charge in [-0.15, -0.1) is 0 Å². The average Bonchev–Trinajstić information content (AvgIpc) is 2.03. The number of hydrogen-bond acceptors (Lipinski definition) is 4. The van der Waals surface area contributed by atoms with Gasteiger partial charge in [0.1, 0.15) is 5.75 Å². The fraction of sp³-hybridized carbons (Fsp3) is 0.286. The lowest BCUT2D eigenvalue weighted by Gasteiger charge is -2.06. The first-order chi connectivity index (χ1) is 5.24. The molecule has 0 aliphatic heterocycles. The standard InChI is InChI=1S/C7H10N2O2/c8-7(4-10)5-1-6(11)3-9-2-5/h1-3,7,10-11H,4,8H2/t7-/m1/s1. The molecule has 1 aromatic heterocycles. The quantitative estimate of drug-likeness (QED) is 0.550. The van der Waals surface area contributed by atoms with Crippen LogP contribution in [-0.4, -0.2) is 21.8 Å². The van der Waals surface area contributed by atoms with Crippen LogP contribution in [0, 0.1) is 0 Å². The number of aromatic nitrogens is 1. The zero-order valence-electron chi connectivity index (χ0n) is 5.94. The highest BCUT2D eigenvalue weighted by atomic mass is 16.3. The van der Waals surface area contributed by atoms with Gasteiger partial charge in [0.05, 0.1) is 18.8 Å². The number of nitrogens with zero attached hydrogens (tertiary/aromatic N) is 1. The summed E-state index contributed by atoms with van der Waals surface area (Å²) >= 11 is 0. The Bertz CT molecular complexity index is 240. The normalized spacial score (nSPS) is 12.9. The van der Waals surface area contributed by atoms with Gasteiger partial charge in [0.15, 0.2) is 0 Å². The van der Waals surface area contributed by atoms with Crippen LogP contribution in [0.1, 0.15) is 11.6 Å². The lowest BCUT2D eigenvalue weighted by Crippen LogP contribution is -2.14. The summed E-state index contributed by atoms with van der Waals surface area (Å²) in [6.45, 7) is -0.148. The molecular weight excluding hydrogens is 144 g/mol. The average molecular weight is 154 g/mol. The molecule has 1 heterocycles. The Morgan fingerprint density at radius 3 is 2.82 bits per heavy atom. The Morgan fingerprint density at radius 1 is 1.55 bits per heavy atom. The van der Waals surface area contributed by atoms with Crippen LogP contribution >= 0.6 is 0 Å². The van der Waals surface area contributed by atoms with Gasteiger partial charge in [0.2, 0.25) is 0 Å². The van der Waals surface area contributed by atoms with E-state index in [4.69, 9.17) is 15.9 Å². The summed E-state index contributed by atoms with van der Waals surface area (Å²) in [5.41, 5.74) is 6.09. The van der Waals surface area contributed by atoms with E-state index in [-0.39, 0.29) is 12.4 Å². The number of aliphatic hydroxyl groups excluding tert-OH is 1. The van der Waals surface area contributed by atoms with Crippen molar-refractivity contribution in [3.8, 4) is 5.75 Å². The molecule has 0 fully saturated rings. The van der Waals surface area contributed by atoms with E-state index >= 15 is 0 Å². The first-order valence-electron chi connectivity index (χ1n) is 3.24. The van der Waals surface area contributed by atoms with Crippen LogP contribution in [0.25, 0.3) is 0 Å². The Hall–Kier alpha value is -1.13. The van der Waals surface area contributed by atoms with Crippen LogP contribution in [0.15, 0.2) is 18.5 Å². The Morgan fingerprint density at radius 2 is 2.27 bits per heavy atom. The summed E-state index contributed by atoms with van der Waals surface area (Å²) in [7, 11) is 0. The Kier molecular flexibility index (Phi) is 2.40. The second kappa shape index (κ2) is 3.32. The highest BCUT2D eigenvalue weighted by Gasteiger charge is 2.04. The number of nitrogens with two attached hydrogens (primary N) is 1. The maximum Gasteiger partial charge on any atom is 0.134 e. The van der Waals surface area contributed by atoms with Gasteiger partial charge in [-0.25, -0.2) is 0 Å². The number of hydrogen-bond donors (Lipinski definition) is 3. The van der Waals surface area contributed by atoms with Gasteiger partial charge in [-0.1, -0.05) is 0 Å². The molecule has 0 unspecified atom stereocenters. The minimum atomic E-state index is -0.463. The molecule has 1 atom stereocenters. The van der Waals surface area contributed by atoms with Crippen LogP contribution in [0.5, 0.6) is 5.75 Å². The van der Waals surface area contributed by atoms with Gasteiger partial charge >= 0.3 is 0 Å². The molecule has 1 rings (SSSR count). The van der Waals surface area contributed by atoms with E-state index in [2.05, 4.69) is 4.98 Å². The van der Waals surface area contributed by atoms with Gasteiger partial charge in [-0.2, -0.15) is 0 Å². The van der Waals surface area contributed by atoms with E-state index in [0.717, 1.165) is 0 Å². The Balaban J connectivity index is 2.86. The van der Waals surface area contributed by atoms with E-state index in [9.17, 15) is 0 Å². The minimum Gasteiger partial charge on any atom is -0.506 e. The van der Waals surface area contributed by atoms with E-state index < -0.39 is 6.04 Å². The third kappa shape index (κ3) is 1.89. The maximum atomic E-state index is 8.96. The molecule has 4 N–H and O–H groups in total. The van der Waals surface area contributed by atoms with E-state index in [0.29, 0.717) is 5.56 Å². The topological polar surface area (TPSA) is 79.4 Å². The van der Waals surface area contributed by atoms with Crippen LogP contribution in [0.4, 0.5) is 0 Å². The molecule has 0 bridgehead atoms. The number of pyridine rings is 1. The predicted molar refractivity (Wildman–Crippen MR) is 39.9 cm³/mol. The zero-order valence-corrected chi connectivity index (χ0v) is 5.94. The third-order valence-corrected chi connectivity index (χ3v) is 1.37. The van der Waals surface area contributed by atoms with Crippen LogP contribution in [0.2, 0.25) is 0 Å². The smallest absolute Gasteiger partial charge is 0.134 e. The zero-order chi connectivity index (χ0) is 8.27. The lowest BCUT2D eigenvalue weighted by molar-refractivity contribution is 0.267. The molecule has 0 amide bonds. The largest absolute Gasteiger partial charge is 0.506 e. The number of rotatable bonds is 2. The van der Waals surface area contributed by atoms with Crippen molar-refractivity contribution in [2.24, 2.45) is 5.73 Å². The predicted octanol–water partition coefficient (Wildman–Crippen LogP) is -0.221. The second-order valence-corrected chi connectivity index (χ2v) is 2.27. The summed E-state index contributed by atoms with van der Waals surface area (Å²) < 4.78 is 0. The molecular formula is C7H10N2O2. The van der Waals surface area contributed by atoms with Gasteiger partial charge in [-0.05, 0) is 11.6 Å². The van der Waals surface area contributed by atoms with Crippen LogP contribution < -0.4 is 5.73 Å². The number of aromatic hydroxyl groups is 1. The van der Waals surface area contributed by atoms with Crippen molar-refractivity contribution in [2.45, 2.75) is 6.04 Å². The molecule has 60 valence electrons. The summed E-state index contributed by atoms with van der Waals surface area (Å²) in [4.78, 5) is 3.71. The van der Waals surface area contributed by atoms with Crippen molar-refractivity contribution in [3.63, 3.8) is 0 Å². The van der Waals surface area contributed by atoms with E-state index in [1.165, 1.54) is 18.5 Å². The van der Waals surface area contributed by atoms with Gasteiger partial charge in [-0.3, -0.25) is 4.98 Å². The molecule has 0 saturated heterocycles. The van der Waals surface area contributed by atoms with Crippen LogP contribution in [-0.2, 0) is 0 Å². The molecule has 0 aliphatic carbocycles. The first kappa shape index (κ1) is 7.97. The molecule has 11 heavy (non-hydrogen) atoms.